The minimum atomic E-state index is -0.568. The maximum absolute atomic E-state index is 9.99. The van der Waals surface area contributed by atoms with Crippen LogP contribution in [0.3, 0.4) is 0 Å². The van der Waals surface area contributed by atoms with Gasteiger partial charge in [-0.1, -0.05) is 23.9 Å². The highest BCUT2D eigenvalue weighted by molar-refractivity contribution is 7.99. The molecular weight excluding hydrogens is 238 g/mol. The summed E-state index contributed by atoms with van der Waals surface area (Å²) < 4.78 is 10.2. The minimum Gasteiger partial charge on any atom is -0.497 e. The number of aromatic nitrogens is 1. The van der Waals surface area contributed by atoms with Gasteiger partial charge in [0.05, 0.1) is 19.4 Å². The van der Waals surface area contributed by atoms with Gasteiger partial charge in [-0.15, -0.1) is 0 Å². The molecule has 1 atom stereocenters. The second-order valence-electron chi connectivity index (χ2n) is 3.40. The predicted molar refractivity (Wildman–Crippen MR) is 65.2 cm³/mol. The van der Waals surface area contributed by atoms with Crippen molar-refractivity contribution in [2.75, 3.05) is 12.9 Å². The van der Waals surface area contributed by atoms with Crippen LogP contribution in [0.2, 0.25) is 0 Å². The molecule has 17 heavy (non-hydrogen) atoms. The molecule has 0 aliphatic heterocycles. The zero-order valence-corrected chi connectivity index (χ0v) is 10.2. The Morgan fingerprint density at radius 1 is 1.53 bits per heavy atom. The fourth-order valence-corrected chi connectivity index (χ4v) is 2.13. The Labute approximate surface area is 104 Å². The van der Waals surface area contributed by atoms with Gasteiger partial charge in [0.25, 0.3) is 5.22 Å². The number of hydrogen-bond acceptors (Lipinski definition) is 5. The molecule has 0 spiro atoms. The molecule has 2 aromatic rings. The number of hydrogen-bond donors (Lipinski definition) is 1. The lowest BCUT2D eigenvalue weighted by Gasteiger charge is -2.10. The Morgan fingerprint density at radius 3 is 3.12 bits per heavy atom. The summed E-state index contributed by atoms with van der Waals surface area (Å²) in [7, 11) is 1.60. The molecule has 0 aliphatic rings. The van der Waals surface area contributed by atoms with Gasteiger partial charge in [0, 0.05) is 5.75 Å². The van der Waals surface area contributed by atoms with Gasteiger partial charge in [-0.2, -0.15) is 0 Å². The molecule has 5 heteroatoms. The number of nitrogens with zero attached hydrogens (tertiary/aromatic N) is 1. The fourth-order valence-electron chi connectivity index (χ4n) is 1.38. The first-order valence-electron chi connectivity index (χ1n) is 5.14. The van der Waals surface area contributed by atoms with Crippen molar-refractivity contribution in [3.05, 3.63) is 42.3 Å². The Morgan fingerprint density at radius 2 is 2.41 bits per heavy atom. The number of ether oxygens (including phenoxy) is 1. The lowest BCUT2D eigenvalue weighted by molar-refractivity contribution is 0.203. The molecule has 0 amide bonds. The van der Waals surface area contributed by atoms with Crippen LogP contribution in [0, 0.1) is 0 Å². The molecule has 0 saturated heterocycles. The molecule has 1 N–H and O–H groups in total. The SMILES string of the molecule is COc1cccc(C(O)CSc2ncco2)c1. The minimum absolute atomic E-state index is 0.494. The summed E-state index contributed by atoms with van der Waals surface area (Å²) in [5, 5.41) is 10.6. The molecule has 4 nitrogen and oxygen atoms in total. The third-order valence-electron chi connectivity index (χ3n) is 2.25. The van der Waals surface area contributed by atoms with Crippen molar-refractivity contribution >= 4 is 11.8 Å². The van der Waals surface area contributed by atoms with Crippen LogP contribution in [0.5, 0.6) is 5.75 Å². The molecule has 0 fully saturated rings. The number of thioether (sulfide) groups is 1. The van der Waals surface area contributed by atoms with Crippen LogP contribution in [0.25, 0.3) is 0 Å². The van der Waals surface area contributed by atoms with Gasteiger partial charge in [-0.25, -0.2) is 4.98 Å². The van der Waals surface area contributed by atoms with Gasteiger partial charge < -0.3 is 14.3 Å². The van der Waals surface area contributed by atoms with Gasteiger partial charge in [0.2, 0.25) is 0 Å². The Kier molecular flexibility index (Phi) is 4.06. The standard InChI is InChI=1S/C12H13NO3S/c1-15-10-4-2-3-9(7-10)11(14)8-17-12-13-5-6-16-12/h2-7,11,14H,8H2,1H3. The highest BCUT2D eigenvalue weighted by atomic mass is 32.2. The van der Waals surface area contributed by atoms with E-state index in [1.807, 2.05) is 24.3 Å². The average Bonchev–Trinajstić information content (AvgIpc) is 2.89. The molecule has 0 aliphatic carbocycles. The van der Waals surface area contributed by atoms with E-state index in [2.05, 4.69) is 4.98 Å². The topological polar surface area (TPSA) is 55.5 Å². The van der Waals surface area contributed by atoms with E-state index in [1.54, 1.807) is 13.3 Å². The summed E-state index contributed by atoms with van der Waals surface area (Å²) in [5.41, 5.74) is 0.823. The van der Waals surface area contributed by atoms with Gasteiger partial charge >= 0.3 is 0 Å². The second-order valence-corrected chi connectivity index (χ2v) is 4.37. The van der Waals surface area contributed by atoms with Crippen molar-refractivity contribution in [1.29, 1.82) is 0 Å². The third-order valence-corrected chi connectivity index (χ3v) is 3.18. The van der Waals surface area contributed by atoms with E-state index < -0.39 is 6.10 Å². The van der Waals surface area contributed by atoms with Gasteiger partial charge in [0.1, 0.15) is 12.0 Å². The predicted octanol–water partition coefficient (Wildman–Crippen LogP) is 2.51. The normalized spacial score (nSPS) is 12.4. The maximum atomic E-state index is 9.99. The summed E-state index contributed by atoms with van der Waals surface area (Å²) in [5.74, 6) is 1.23. The Balaban J connectivity index is 1.96. The molecule has 1 aromatic carbocycles. The van der Waals surface area contributed by atoms with E-state index in [1.165, 1.54) is 18.0 Å². The number of aliphatic hydroxyl groups is 1. The molecule has 1 aromatic heterocycles. The largest absolute Gasteiger partial charge is 0.497 e. The first-order valence-corrected chi connectivity index (χ1v) is 6.12. The van der Waals surface area contributed by atoms with E-state index in [9.17, 15) is 5.11 Å². The summed E-state index contributed by atoms with van der Waals surface area (Å²) in [6.45, 7) is 0. The molecular formula is C12H13NO3S. The number of methoxy groups -OCH3 is 1. The number of oxazole rings is 1. The van der Waals surface area contributed by atoms with Crippen LogP contribution in [-0.2, 0) is 0 Å². The molecule has 0 saturated carbocycles. The van der Waals surface area contributed by atoms with Crippen LogP contribution >= 0.6 is 11.8 Å². The molecule has 0 bridgehead atoms. The number of rotatable bonds is 5. The van der Waals surface area contributed by atoms with Gasteiger partial charge in [-0.3, -0.25) is 0 Å². The molecule has 1 unspecified atom stereocenters. The molecule has 0 radical (unpaired) electrons. The molecule has 1 heterocycles. The van der Waals surface area contributed by atoms with E-state index >= 15 is 0 Å². The van der Waals surface area contributed by atoms with Crippen molar-refractivity contribution in [1.82, 2.24) is 4.98 Å². The fraction of sp³-hybridized carbons (Fsp3) is 0.250. The van der Waals surface area contributed by atoms with Gasteiger partial charge in [0.15, 0.2) is 0 Å². The lowest BCUT2D eigenvalue weighted by atomic mass is 10.1. The van der Waals surface area contributed by atoms with Crippen molar-refractivity contribution in [2.45, 2.75) is 11.3 Å². The average molecular weight is 251 g/mol. The zero-order chi connectivity index (χ0) is 12.1. The zero-order valence-electron chi connectivity index (χ0n) is 9.37. The van der Waals surface area contributed by atoms with Crippen LogP contribution < -0.4 is 4.74 Å². The highest BCUT2D eigenvalue weighted by Gasteiger charge is 2.10. The monoisotopic (exact) mass is 251 g/mol. The summed E-state index contributed by atoms with van der Waals surface area (Å²) in [6, 6.07) is 7.38. The smallest absolute Gasteiger partial charge is 0.255 e. The maximum Gasteiger partial charge on any atom is 0.255 e. The number of aliphatic hydroxyl groups excluding tert-OH is 1. The second kappa shape index (κ2) is 5.75. The van der Waals surface area contributed by atoms with E-state index in [0.29, 0.717) is 11.0 Å². The highest BCUT2D eigenvalue weighted by Crippen LogP contribution is 2.25. The first kappa shape index (κ1) is 12.0. The van der Waals surface area contributed by atoms with Crippen molar-refractivity contribution < 1.29 is 14.3 Å². The van der Waals surface area contributed by atoms with Crippen molar-refractivity contribution in [3.63, 3.8) is 0 Å². The first-order chi connectivity index (χ1) is 8.29. The van der Waals surface area contributed by atoms with Crippen molar-refractivity contribution in [3.8, 4) is 5.75 Å². The summed E-state index contributed by atoms with van der Waals surface area (Å²) in [6.07, 6.45) is 2.53. The van der Waals surface area contributed by atoms with Gasteiger partial charge in [-0.05, 0) is 17.7 Å². The Bertz CT molecular complexity index is 459. The lowest BCUT2D eigenvalue weighted by Crippen LogP contribution is -2.00. The van der Waals surface area contributed by atoms with Crippen LogP contribution in [0.1, 0.15) is 11.7 Å². The van der Waals surface area contributed by atoms with E-state index in [-0.39, 0.29) is 0 Å². The van der Waals surface area contributed by atoms with Crippen LogP contribution in [0.15, 0.2) is 46.4 Å². The van der Waals surface area contributed by atoms with Crippen LogP contribution in [0.4, 0.5) is 0 Å². The summed E-state index contributed by atoms with van der Waals surface area (Å²) in [4.78, 5) is 3.98. The van der Waals surface area contributed by atoms with E-state index in [4.69, 9.17) is 9.15 Å². The number of benzene rings is 1. The van der Waals surface area contributed by atoms with Crippen molar-refractivity contribution in [2.24, 2.45) is 0 Å². The Hall–Kier alpha value is -1.46. The summed E-state index contributed by atoms with van der Waals surface area (Å²) >= 11 is 1.37. The molecule has 2 rings (SSSR count). The quantitative estimate of drug-likeness (QED) is 0.827. The van der Waals surface area contributed by atoms with Crippen LogP contribution in [-0.4, -0.2) is 23.0 Å². The third kappa shape index (κ3) is 3.25. The van der Waals surface area contributed by atoms with E-state index in [0.717, 1.165) is 11.3 Å². The molecule has 90 valence electrons.